The zero-order valence-electron chi connectivity index (χ0n) is 15.3. The van der Waals surface area contributed by atoms with E-state index in [1.54, 1.807) is 23.5 Å². The van der Waals surface area contributed by atoms with E-state index in [1.165, 1.54) is 10.4 Å². The molecule has 0 bridgehead atoms. The number of aryl methyl sites for hydroxylation is 1. The minimum Gasteiger partial charge on any atom is -0.492 e. The van der Waals surface area contributed by atoms with Crippen LogP contribution in [0.3, 0.4) is 0 Å². The van der Waals surface area contributed by atoms with Crippen molar-refractivity contribution < 1.29 is 17.9 Å². The van der Waals surface area contributed by atoms with Crippen molar-refractivity contribution in [3.63, 3.8) is 0 Å². The van der Waals surface area contributed by atoms with Gasteiger partial charge in [0.05, 0.1) is 6.61 Å². The van der Waals surface area contributed by atoms with E-state index in [0.29, 0.717) is 44.0 Å². The fourth-order valence-corrected chi connectivity index (χ4v) is 5.42. The highest BCUT2D eigenvalue weighted by Crippen LogP contribution is 2.31. The van der Waals surface area contributed by atoms with Crippen molar-refractivity contribution in [2.24, 2.45) is 0 Å². The summed E-state index contributed by atoms with van der Waals surface area (Å²) in [5, 5.41) is 6.80. The molecule has 1 fully saturated rings. The number of nitrogens with one attached hydrogen (secondary N) is 1. The molecule has 3 rings (SSSR count). The van der Waals surface area contributed by atoms with E-state index in [2.05, 4.69) is 5.32 Å². The topological polar surface area (TPSA) is 75.7 Å². The highest BCUT2D eigenvalue weighted by molar-refractivity contribution is 7.89. The van der Waals surface area contributed by atoms with Gasteiger partial charge in [-0.05, 0) is 66.8 Å². The van der Waals surface area contributed by atoms with Crippen LogP contribution in [0, 0.1) is 0 Å². The van der Waals surface area contributed by atoms with Gasteiger partial charge in [-0.25, -0.2) is 8.42 Å². The van der Waals surface area contributed by atoms with Gasteiger partial charge in [-0.2, -0.15) is 15.6 Å². The van der Waals surface area contributed by atoms with E-state index in [-0.39, 0.29) is 10.8 Å². The second-order valence-electron chi connectivity index (χ2n) is 6.39. The number of benzene rings is 1. The van der Waals surface area contributed by atoms with Gasteiger partial charge in [0.1, 0.15) is 10.6 Å². The number of hydrogen-bond donors (Lipinski definition) is 1. The third-order valence-electron chi connectivity index (χ3n) is 4.43. The molecule has 1 saturated heterocycles. The van der Waals surface area contributed by atoms with E-state index in [1.807, 2.05) is 23.8 Å². The lowest BCUT2D eigenvalue weighted by atomic mass is 10.2. The van der Waals surface area contributed by atoms with Crippen molar-refractivity contribution in [2.45, 2.75) is 37.5 Å². The van der Waals surface area contributed by atoms with Crippen molar-refractivity contribution in [3.05, 3.63) is 40.6 Å². The Morgan fingerprint density at radius 1 is 1.26 bits per heavy atom. The Kier molecular flexibility index (Phi) is 6.51. The third kappa shape index (κ3) is 4.88. The summed E-state index contributed by atoms with van der Waals surface area (Å²) in [4.78, 5) is 12.3. The molecule has 1 aromatic carbocycles. The van der Waals surface area contributed by atoms with Gasteiger partial charge in [0, 0.05) is 25.2 Å². The summed E-state index contributed by atoms with van der Waals surface area (Å²) in [5.41, 5.74) is 1.59. The van der Waals surface area contributed by atoms with Crippen LogP contribution in [-0.2, 0) is 21.2 Å². The van der Waals surface area contributed by atoms with Crippen LogP contribution in [0.25, 0.3) is 0 Å². The summed E-state index contributed by atoms with van der Waals surface area (Å²) in [6.07, 6.45) is 2.73. The molecule has 0 aliphatic carbocycles. The molecule has 2 heterocycles. The number of rotatable bonds is 8. The molecule has 2 aromatic rings. The largest absolute Gasteiger partial charge is 0.492 e. The number of sulfonamides is 1. The minimum absolute atomic E-state index is 0.113. The molecule has 6 nitrogen and oxygen atoms in total. The van der Waals surface area contributed by atoms with E-state index < -0.39 is 10.0 Å². The fourth-order valence-electron chi connectivity index (χ4n) is 3.05. The molecular formula is C19H24N2O4S2. The van der Waals surface area contributed by atoms with Crippen molar-refractivity contribution in [1.29, 1.82) is 0 Å². The van der Waals surface area contributed by atoms with E-state index >= 15 is 0 Å². The Hall–Kier alpha value is -1.90. The van der Waals surface area contributed by atoms with Crippen molar-refractivity contribution in [3.8, 4) is 5.75 Å². The zero-order chi connectivity index (χ0) is 19.3. The highest BCUT2D eigenvalue weighted by Gasteiger charge is 2.30. The number of nitrogens with zero attached hydrogens (tertiary/aromatic N) is 1. The van der Waals surface area contributed by atoms with Crippen LogP contribution in [0.1, 0.15) is 31.7 Å². The molecule has 0 unspecified atom stereocenters. The maximum Gasteiger partial charge on any atom is 0.246 e. The molecule has 1 aliphatic rings. The van der Waals surface area contributed by atoms with Crippen molar-refractivity contribution >= 4 is 33.0 Å². The fraction of sp³-hybridized carbons (Fsp3) is 0.421. The number of carbonyl (C=O) groups is 1. The Labute approximate surface area is 164 Å². The van der Waals surface area contributed by atoms with Gasteiger partial charge in [-0.3, -0.25) is 4.79 Å². The quantitative estimate of drug-likeness (QED) is 0.725. The van der Waals surface area contributed by atoms with Gasteiger partial charge in [-0.15, -0.1) is 0 Å². The number of carbonyl (C=O) groups excluding carboxylic acids is 1. The van der Waals surface area contributed by atoms with Crippen LogP contribution in [0.4, 0.5) is 5.69 Å². The lowest BCUT2D eigenvalue weighted by molar-refractivity contribution is -0.116. The van der Waals surface area contributed by atoms with Crippen LogP contribution in [0.2, 0.25) is 0 Å². The molecule has 146 valence electrons. The van der Waals surface area contributed by atoms with Crippen LogP contribution >= 0.6 is 11.3 Å². The zero-order valence-corrected chi connectivity index (χ0v) is 16.9. The standard InChI is InChI=1S/C19H24N2O4S2/c1-2-25-17-7-6-16(20-19(22)8-5-15-9-12-26-14-15)13-18(17)27(23,24)21-10-3-4-11-21/h6-7,9,12-14H,2-5,8,10-11H2,1H3,(H,20,22). The van der Waals surface area contributed by atoms with Gasteiger partial charge in [-0.1, -0.05) is 0 Å². The Bertz CT molecular complexity index is 873. The maximum absolute atomic E-state index is 13.0. The van der Waals surface area contributed by atoms with Gasteiger partial charge in [0.15, 0.2) is 0 Å². The first kappa shape index (κ1) is 19.9. The second-order valence-corrected chi connectivity index (χ2v) is 9.07. The van der Waals surface area contributed by atoms with Crippen LogP contribution in [-0.4, -0.2) is 38.3 Å². The van der Waals surface area contributed by atoms with Crippen LogP contribution in [0.5, 0.6) is 5.75 Å². The second kappa shape index (κ2) is 8.86. The summed E-state index contributed by atoms with van der Waals surface area (Å²) in [5.74, 6) is 0.176. The molecule has 0 spiro atoms. The maximum atomic E-state index is 13.0. The van der Waals surface area contributed by atoms with E-state index in [4.69, 9.17) is 4.74 Å². The first-order valence-corrected chi connectivity index (χ1v) is 11.5. The van der Waals surface area contributed by atoms with E-state index in [0.717, 1.165) is 18.4 Å². The first-order valence-electron chi connectivity index (χ1n) is 9.08. The molecular weight excluding hydrogens is 384 g/mol. The lowest BCUT2D eigenvalue weighted by Gasteiger charge is -2.19. The summed E-state index contributed by atoms with van der Waals surface area (Å²) >= 11 is 1.60. The molecule has 27 heavy (non-hydrogen) atoms. The highest BCUT2D eigenvalue weighted by atomic mass is 32.2. The molecule has 1 aliphatic heterocycles. The van der Waals surface area contributed by atoms with Crippen LogP contribution in [0.15, 0.2) is 39.9 Å². The minimum atomic E-state index is -3.64. The number of thiophene rings is 1. The van der Waals surface area contributed by atoms with Gasteiger partial charge in [0.25, 0.3) is 0 Å². The molecule has 1 aromatic heterocycles. The first-order chi connectivity index (χ1) is 13.0. The average molecular weight is 409 g/mol. The van der Waals surface area contributed by atoms with E-state index in [9.17, 15) is 13.2 Å². The average Bonchev–Trinajstić information content (AvgIpc) is 3.35. The molecule has 0 radical (unpaired) electrons. The van der Waals surface area contributed by atoms with Gasteiger partial charge < -0.3 is 10.1 Å². The SMILES string of the molecule is CCOc1ccc(NC(=O)CCc2ccsc2)cc1S(=O)(=O)N1CCCC1. The van der Waals surface area contributed by atoms with Crippen LogP contribution < -0.4 is 10.1 Å². The third-order valence-corrected chi connectivity index (χ3v) is 7.08. The molecule has 8 heteroatoms. The molecule has 0 saturated carbocycles. The smallest absolute Gasteiger partial charge is 0.246 e. The number of amides is 1. The van der Waals surface area contributed by atoms with Gasteiger partial charge >= 0.3 is 0 Å². The predicted octanol–water partition coefficient (Wildman–Crippen LogP) is 3.50. The monoisotopic (exact) mass is 408 g/mol. The molecule has 1 N–H and O–H groups in total. The normalized spacial score (nSPS) is 15.0. The van der Waals surface area contributed by atoms with Crippen molar-refractivity contribution in [1.82, 2.24) is 4.31 Å². The summed E-state index contributed by atoms with van der Waals surface area (Å²) < 4.78 is 33.0. The van der Waals surface area contributed by atoms with Crippen molar-refractivity contribution in [2.75, 3.05) is 25.0 Å². The summed E-state index contributed by atoms with van der Waals surface area (Å²) in [6.45, 7) is 3.22. The predicted molar refractivity (Wildman–Crippen MR) is 107 cm³/mol. The molecule has 1 amide bonds. The number of ether oxygens (including phenoxy) is 1. The summed E-state index contributed by atoms with van der Waals surface area (Å²) in [6, 6.07) is 6.79. The number of hydrogen-bond acceptors (Lipinski definition) is 5. The lowest BCUT2D eigenvalue weighted by Crippen LogP contribution is -2.28. The molecule has 0 atom stereocenters. The Morgan fingerprint density at radius 2 is 2.04 bits per heavy atom. The summed E-state index contributed by atoms with van der Waals surface area (Å²) in [7, 11) is -3.64. The number of anilines is 1. The Balaban J connectivity index is 1.77. The Morgan fingerprint density at radius 3 is 2.70 bits per heavy atom. The van der Waals surface area contributed by atoms with Gasteiger partial charge in [0.2, 0.25) is 15.9 Å².